The predicted octanol–water partition coefficient (Wildman–Crippen LogP) is 1.90. The first-order valence-corrected chi connectivity index (χ1v) is 9.35. The molecule has 1 N–H and O–H groups in total. The Bertz CT molecular complexity index is 974. The first kappa shape index (κ1) is 21.2. The van der Waals surface area contributed by atoms with Crippen LogP contribution >= 0.6 is 0 Å². The van der Waals surface area contributed by atoms with E-state index in [-0.39, 0.29) is 18.4 Å². The summed E-state index contributed by atoms with van der Waals surface area (Å²) >= 11 is 0. The standard InChI is InChI=1S/C22H24N2O6/c1-24-20(13-9-10-16(28-2)17(11-13)29-3)19(21(26)23-12-18(25)30-4)14-7-5-6-8-15(14)22(24)27/h5-11,19-20H,12H2,1-4H3,(H,23,26)/t19-,20+/m1/s1. The Labute approximate surface area is 174 Å². The molecule has 0 unspecified atom stereocenters. The second-order valence-corrected chi connectivity index (χ2v) is 6.83. The van der Waals surface area contributed by atoms with Gasteiger partial charge in [0.15, 0.2) is 11.5 Å². The number of likely N-dealkylation sites (N-methyl/N-ethyl adjacent to an activating group) is 1. The third kappa shape index (κ3) is 3.80. The summed E-state index contributed by atoms with van der Waals surface area (Å²) in [5.74, 6) is -0.831. The highest BCUT2D eigenvalue weighted by molar-refractivity contribution is 6.01. The van der Waals surface area contributed by atoms with Crippen molar-refractivity contribution in [3.8, 4) is 11.5 Å². The number of amides is 2. The molecule has 0 fully saturated rings. The Kier molecular flexibility index (Phi) is 6.25. The van der Waals surface area contributed by atoms with Crippen molar-refractivity contribution in [3.63, 3.8) is 0 Å². The first-order valence-electron chi connectivity index (χ1n) is 9.35. The van der Waals surface area contributed by atoms with E-state index in [2.05, 4.69) is 10.1 Å². The maximum absolute atomic E-state index is 13.2. The van der Waals surface area contributed by atoms with E-state index < -0.39 is 17.9 Å². The van der Waals surface area contributed by atoms with E-state index in [0.29, 0.717) is 28.2 Å². The molecule has 0 saturated carbocycles. The Morgan fingerprint density at radius 2 is 1.73 bits per heavy atom. The summed E-state index contributed by atoms with van der Waals surface area (Å²) in [5, 5.41) is 2.62. The number of carbonyl (C=O) groups is 3. The number of esters is 1. The van der Waals surface area contributed by atoms with Gasteiger partial charge in [-0.2, -0.15) is 0 Å². The third-order valence-electron chi connectivity index (χ3n) is 5.25. The largest absolute Gasteiger partial charge is 0.493 e. The van der Waals surface area contributed by atoms with Crippen molar-refractivity contribution < 1.29 is 28.6 Å². The molecule has 3 rings (SSSR count). The fraction of sp³-hybridized carbons (Fsp3) is 0.318. The van der Waals surface area contributed by atoms with Crippen molar-refractivity contribution in [3.05, 3.63) is 59.2 Å². The topological polar surface area (TPSA) is 94.2 Å². The maximum atomic E-state index is 13.2. The zero-order valence-electron chi connectivity index (χ0n) is 17.3. The lowest BCUT2D eigenvalue weighted by molar-refractivity contribution is -0.141. The van der Waals surface area contributed by atoms with Crippen molar-refractivity contribution in [2.24, 2.45) is 0 Å². The summed E-state index contributed by atoms with van der Waals surface area (Å²) in [5.41, 5.74) is 1.76. The highest BCUT2D eigenvalue weighted by Crippen LogP contribution is 2.43. The molecule has 8 nitrogen and oxygen atoms in total. The third-order valence-corrected chi connectivity index (χ3v) is 5.25. The zero-order chi connectivity index (χ0) is 21.8. The van der Waals surface area contributed by atoms with E-state index in [9.17, 15) is 14.4 Å². The minimum absolute atomic E-state index is 0.192. The van der Waals surface area contributed by atoms with Crippen LogP contribution in [0.2, 0.25) is 0 Å². The minimum Gasteiger partial charge on any atom is -0.493 e. The molecular formula is C22H24N2O6. The summed E-state index contributed by atoms with van der Waals surface area (Å²) < 4.78 is 15.3. The normalized spacial score (nSPS) is 17.7. The van der Waals surface area contributed by atoms with E-state index >= 15 is 0 Å². The molecule has 1 heterocycles. The van der Waals surface area contributed by atoms with Gasteiger partial charge >= 0.3 is 5.97 Å². The van der Waals surface area contributed by atoms with Crippen molar-refractivity contribution >= 4 is 17.8 Å². The SMILES string of the molecule is COC(=O)CNC(=O)[C@@H]1c2ccccc2C(=O)N(C)[C@H]1c1ccc(OC)c(OC)c1. The molecule has 30 heavy (non-hydrogen) atoms. The lowest BCUT2D eigenvalue weighted by atomic mass is 9.79. The molecule has 0 radical (unpaired) electrons. The number of benzene rings is 2. The van der Waals surface area contributed by atoms with Crippen LogP contribution in [0.1, 0.15) is 33.4 Å². The molecule has 1 aliphatic rings. The smallest absolute Gasteiger partial charge is 0.325 e. The molecule has 0 spiro atoms. The number of rotatable bonds is 6. The second-order valence-electron chi connectivity index (χ2n) is 6.83. The Hall–Kier alpha value is -3.55. The van der Waals surface area contributed by atoms with Gasteiger partial charge in [-0.15, -0.1) is 0 Å². The number of hydrogen-bond donors (Lipinski definition) is 1. The monoisotopic (exact) mass is 412 g/mol. The van der Waals surface area contributed by atoms with Crippen molar-refractivity contribution in [2.75, 3.05) is 34.9 Å². The molecule has 2 amide bonds. The highest BCUT2D eigenvalue weighted by Gasteiger charge is 2.42. The van der Waals surface area contributed by atoms with Gasteiger partial charge in [-0.1, -0.05) is 24.3 Å². The van der Waals surface area contributed by atoms with E-state index in [4.69, 9.17) is 9.47 Å². The lowest BCUT2D eigenvalue weighted by Gasteiger charge is -2.39. The number of hydrogen-bond acceptors (Lipinski definition) is 6. The van der Waals surface area contributed by atoms with Gasteiger partial charge in [-0.05, 0) is 29.3 Å². The predicted molar refractivity (Wildman–Crippen MR) is 109 cm³/mol. The van der Waals surface area contributed by atoms with Gasteiger partial charge in [0.1, 0.15) is 6.54 Å². The highest BCUT2D eigenvalue weighted by atomic mass is 16.5. The molecule has 0 bridgehead atoms. The van der Waals surface area contributed by atoms with Crippen LogP contribution in [0.15, 0.2) is 42.5 Å². The number of nitrogens with one attached hydrogen (secondary N) is 1. The van der Waals surface area contributed by atoms with E-state index in [1.165, 1.54) is 26.2 Å². The quantitative estimate of drug-likeness (QED) is 0.729. The van der Waals surface area contributed by atoms with Crippen molar-refractivity contribution in [1.82, 2.24) is 10.2 Å². The Morgan fingerprint density at radius 3 is 2.40 bits per heavy atom. The second kappa shape index (κ2) is 8.86. The molecule has 8 heteroatoms. The van der Waals surface area contributed by atoms with Gasteiger partial charge in [0, 0.05) is 12.6 Å². The van der Waals surface area contributed by atoms with Crippen LogP contribution in [0.4, 0.5) is 0 Å². The molecule has 0 saturated heterocycles. The number of ether oxygens (including phenoxy) is 3. The molecule has 2 aromatic carbocycles. The number of carbonyl (C=O) groups excluding carboxylic acids is 3. The molecule has 1 aliphatic heterocycles. The summed E-state index contributed by atoms with van der Waals surface area (Å²) in [6.45, 7) is -0.260. The molecule has 0 aliphatic carbocycles. The van der Waals surface area contributed by atoms with Gasteiger partial charge in [0.2, 0.25) is 5.91 Å². The lowest BCUT2D eigenvalue weighted by Crippen LogP contribution is -2.46. The zero-order valence-corrected chi connectivity index (χ0v) is 17.3. The first-order chi connectivity index (χ1) is 14.4. The minimum atomic E-state index is -0.730. The van der Waals surface area contributed by atoms with Crippen LogP contribution in [0.5, 0.6) is 11.5 Å². The van der Waals surface area contributed by atoms with Gasteiger partial charge in [0.05, 0.1) is 33.3 Å². The van der Waals surface area contributed by atoms with Crippen molar-refractivity contribution in [2.45, 2.75) is 12.0 Å². The fourth-order valence-corrected chi connectivity index (χ4v) is 3.75. The summed E-state index contributed by atoms with van der Waals surface area (Å²) in [6.07, 6.45) is 0. The molecule has 158 valence electrons. The molecule has 2 atom stereocenters. The number of fused-ring (bicyclic) bond motifs is 1. The fourth-order valence-electron chi connectivity index (χ4n) is 3.75. The van der Waals surface area contributed by atoms with Crippen LogP contribution in [0.3, 0.4) is 0 Å². The van der Waals surface area contributed by atoms with Gasteiger partial charge in [0.25, 0.3) is 5.91 Å². The Morgan fingerprint density at radius 1 is 1.03 bits per heavy atom. The van der Waals surface area contributed by atoms with Gasteiger partial charge in [-0.3, -0.25) is 14.4 Å². The van der Waals surface area contributed by atoms with E-state index in [1.807, 2.05) is 0 Å². The van der Waals surface area contributed by atoms with Gasteiger partial charge < -0.3 is 24.4 Å². The van der Waals surface area contributed by atoms with Crippen LogP contribution in [-0.2, 0) is 14.3 Å². The molecular weight excluding hydrogens is 388 g/mol. The van der Waals surface area contributed by atoms with Crippen LogP contribution in [0, 0.1) is 0 Å². The van der Waals surface area contributed by atoms with Gasteiger partial charge in [-0.25, -0.2) is 0 Å². The number of nitrogens with zero attached hydrogens (tertiary/aromatic N) is 1. The van der Waals surface area contributed by atoms with E-state index in [1.54, 1.807) is 49.5 Å². The molecule has 2 aromatic rings. The van der Waals surface area contributed by atoms with Crippen LogP contribution in [-0.4, -0.2) is 57.6 Å². The van der Waals surface area contributed by atoms with Crippen LogP contribution in [0.25, 0.3) is 0 Å². The Balaban J connectivity index is 2.10. The average molecular weight is 412 g/mol. The molecule has 0 aromatic heterocycles. The summed E-state index contributed by atoms with van der Waals surface area (Å²) in [7, 11) is 5.96. The number of methoxy groups -OCH3 is 3. The van der Waals surface area contributed by atoms with E-state index in [0.717, 1.165) is 0 Å². The van der Waals surface area contributed by atoms with Crippen molar-refractivity contribution in [1.29, 1.82) is 0 Å². The van der Waals surface area contributed by atoms with Crippen LogP contribution < -0.4 is 14.8 Å². The summed E-state index contributed by atoms with van der Waals surface area (Å²) in [4.78, 5) is 39.3. The maximum Gasteiger partial charge on any atom is 0.325 e. The average Bonchev–Trinajstić information content (AvgIpc) is 2.78. The summed E-state index contributed by atoms with van der Waals surface area (Å²) in [6, 6.07) is 11.7.